The number of halogens is 1. The molecule has 0 spiro atoms. The van der Waals surface area contributed by atoms with Crippen LogP contribution in [0.3, 0.4) is 0 Å². The lowest BCUT2D eigenvalue weighted by molar-refractivity contribution is 0.116. The molecule has 2 fully saturated rings. The van der Waals surface area contributed by atoms with Gasteiger partial charge in [0.1, 0.15) is 0 Å². The third-order valence-corrected chi connectivity index (χ3v) is 7.09. The average molecular weight is 336 g/mol. The lowest BCUT2D eigenvalue weighted by Crippen LogP contribution is -2.45. The average Bonchev–Trinajstić information content (AvgIpc) is 2.72. The zero-order chi connectivity index (χ0) is 14.5. The summed E-state index contributed by atoms with van der Waals surface area (Å²) in [5.41, 5.74) is 2.32. The van der Waals surface area contributed by atoms with Crippen LogP contribution in [0.25, 0.3) is 0 Å². The van der Waals surface area contributed by atoms with Gasteiger partial charge < -0.3 is 5.32 Å². The zero-order valence-electron chi connectivity index (χ0n) is 13.0. The normalized spacial score (nSPS) is 36.2. The van der Waals surface area contributed by atoms with E-state index < -0.39 is 0 Å². The van der Waals surface area contributed by atoms with E-state index in [0.717, 1.165) is 5.92 Å². The lowest BCUT2D eigenvalue weighted by Gasteiger charge is -2.40. The topological polar surface area (TPSA) is 12.0 Å². The first kappa shape index (κ1) is 14.6. The first-order valence-corrected chi connectivity index (χ1v) is 8.65. The summed E-state index contributed by atoms with van der Waals surface area (Å²) in [5.74, 6) is 0.903. The summed E-state index contributed by atoms with van der Waals surface area (Å²) < 4.78 is 1.17. The molecule has 2 bridgehead atoms. The highest BCUT2D eigenvalue weighted by Gasteiger charge is 2.61. The predicted octanol–water partition coefficient (Wildman–Crippen LogP) is 5.31. The molecule has 110 valence electrons. The van der Waals surface area contributed by atoms with E-state index in [1.54, 1.807) is 0 Å². The van der Waals surface area contributed by atoms with Crippen LogP contribution in [-0.4, -0.2) is 6.04 Å². The van der Waals surface area contributed by atoms with Gasteiger partial charge in [-0.2, -0.15) is 0 Å². The van der Waals surface area contributed by atoms with Gasteiger partial charge in [-0.15, -0.1) is 0 Å². The predicted molar refractivity (Wildman–Crippen MR) is 88.7 cm³/mol. The van der Waals surface area contributed by atoms with E-state index in [9.17, 15) is 0 Å². The fourth-order valence-electron chi connectivity index (χ4n) is 4.63. The third kappa shape index (κ3) is 2.07. The van der Waals surface area contributed by atoms with Gasteiger partial charge in [-0.05, 0) is 60.6 Å². The van der Waals surface area contributed by atoms with Crippen LogP contribution in [0.15, 0.2) is 28.7 Å². The molecule has 2 aliphatic rings. The van der Waals surface area contributed by atoms with Gasteiger partial charge in [-0.3, -0.25) is 0 Å². The first-order chi connectivity index (χ1) is 9.34. The number of hydrogen-bond acceptors (Lipinski definition) is 1. The van der Waals surface area contributed by atoms with Gasteiger partial charge >= 0.3 is 0 Å². The van der Waals surface area contributed by atoms with E-state index in [1.807, 2.05) is 0 Å². The van der Waals surface area contributed by atoms with Crippen molar-refractivity contribution in [3.8, 4) is 0 Å². The maximum atomic E-state index is 3.93. The number of benzene rings is 1. The highest BCUT2D eigenvalue weighted by molar-refractivity contribution is 9.10. The van der Waals surface area contributed by atoms with E-state index in [1.165, 1.54) is 29.3 Å². The van der Waals surface area contributed by atoms with Crippen molar-refractivity contribution in [3.63, 3.8) is 0 Å². The van der Waals surface area contributed by atoms with Gasteiger partial charge in [0.2, 0.25) is 0 Å². The summed E-state index contributed by atoms with van der Waals surface area (Å²) in [5, 5.41) is 3.93. The SMILES string of the molecule is C[C@@H](NC1CC2CCC1(C)C2(C)C)c1cccc(Br)c1. The molecule has 0 heterocycles. The van der Waals surface area contributed by atoms with E-state index >= 15 is 0 Å². The quantitative estimate of drug-likeness (QED) is 0.788. The third-order valence-electron chi connectivity index (χ3n) is 6.59. The standard InChI is InChI=1S/C18H26BrN/c1-12(13-6-5-7-15(19)10-13)20-16-11-14-8-9-18(16,4)17(14,2)3/h5-7,10,12,14,16,20H,8-9,11H2,1-4H3/t12-,14?,16?,18?/m1/s1. The minimum atomic E-state index is 0.421. The van der Waals surface area contributed by atoms with Crippen LogP contribution in [0.1, 0.15) is 58.6 Å². The summed E-state index contributed by atoms with van der Waals surface area (Å²) in [4.78, 5) is 0. The molecule has 20 heavy (non-hydrogen) atoms. The summed E-state index contributed by atoms with van der Waals surface area (Å²) in [7, 11) is 0. The highest BCUT2D eigenvalue weighted by atomic mass is 79.9. The van der Waals surface area contributed by atoms with E-state index in [0.29, 0.717) is 22.9 Å². The number of hydrogen-bond donors (Lipinski definition) is 1. The van der Waals surface area contributed by atoms with Crippen molar-refractivity contribution in [1.82, 2.24) is 5.32 Å². The first-order valence-electron chi connectivity index (χ1n) is 7.86. The fourth-order valence-corrected chi connectivity index (χ4v) is 5.05. The fraction of sp³-hybridized carbons (Fsp3) is 0.667. The molecule has 3 unspecified atom stereocenters. The Kier molecular flexibility index (Phi) is 3.53. The van der Waals surface area contributed by atoms with Crippen molar-refractivity contribution in [1.29, 1.82) is 0 Å². The van der Waals surface area contributed by atoms with Gasteiger partial charge in [-0.1, -0.05) is 48.8 Å². The van der Waals surface area contributed by atoms with Crippen LogP contribution in [0.5, 0.6) is 0 Å². The Balaban J connectivity index is 1.76. The maximum absolute atomic E-state index is 3.93. The van der Waals surface area contributed by atoms with Gasteiger partial charge in [0.25, 0.3) is 0 Å². The Morgan fingerprint density at radius 2 is 2.05 bits per heavy atom. The summed E-state index contributed by atoms with van der Waals surface area (Å²) >= 11 is 3.58. The molecule has 2 saturated carbocycles. The second-order valence-corrected chi connectivity index (χ2v) is 8.52. The highest BCUT2D eigenvalue weighted by Crippen LogP contribution is 2.65. The Morgan fingerprint density at radius 1 is 1.30 bits per heavy atom. The Bertz CT molecular complexity index is 510. The summed E-state index contributed by atoms with van der Waals surface area (Å²) in [6, 6.07) is 9.76. The van der Waals surface area contributed by atoms with Crippen LogP contribution in [0.4, 0.5) is 0 Å². The largest absolute Gasteiger partial charge is 0.307 e. The van der Waals surface area contributed by atoms with Gasteiger partial charge in [0.15, 0.2) is 0 Å². The van der Waals surface area contributed by atoms with Crippen molar-refractivity contribution < 1.29 is 0 Å². The smallest absolute Gasteiger partial charge is 0.0294 e. The van der Waals surface area contributed by atoms with Crippen molar-refractivity contribution >= 4 is 15.9 Å². The van der Waals surface area contributed by atoms with Crippen molar-refractivity contribution in [2.45, 2.75) is 59.0 Å². The van der Waals surface area contributed by atoms with E-state index in [2.05, 4.69) is 73.2 Å². The second-order valence-electron chi connectivity index (χ2n) is 7.61. The molecule has 1 aromatic carbocycles. The van der Waals surface area contributed by atoms with Crippen LogP contribution < -0.4 is 5.32 Å². The van der Waals surface area contributed by atoms with Crippen molar-refractivity contribution in [3.05, 3.63) is 34.3 Å². The molecule has 0 saturated heterocycles. The molecule has 0 radical (unpaired) electrons. The molecular weight excluding hydrogens is 310 g/mol. The molecule has 0 amide bonds. The Labute approximate surface area is 131 Å². The number of rotatable bonds is 3. The van der Waals surface area contributed by atoms with Gasteiger partial charge in [0, 0.05) is 16.6 Å². The van der Waals surface area contributed by atoms with Gasteiger partial charge in [-0.25, -0.2) is 0 Å². The van der Waals surface area contributed by atoms with Crippen LogP contribution in [0.2, 0.25) is 0 Å². The second kappa shape index (κ2) is 4.84. The molecule has 0 aromatic heterocycles. The number of fused-ring (bicyclic) bond motifs is 2. The summed E-state index contributed by atoms with van der Waals surface area (Å²) in [6.07, 6.45) is 4.16. The molecule has 1 aromatic rings. The Hall–Kier alpha value is -0.340. The lowest BCUT2D eigenvalue weighted by atomic mass is 9.69. The molecule has 1 N–H and O–H groups in total. The molecule has 0 aliphatic heterocycles. The summed E-state index contributed by atoms with van der Waals surface area (Å²) in [6.45, 7) is 9.77. The molecule has 2 aliphatic carbocycles. The minimum Gasteiger partial charge on any atom is -0.307 e. The molecular formula is C18H26BrN. The van der Waals surface area contributed by atoms with Crippen LogP contribution >= 0.6 is 15.9 Å². The van der Waals surface area contributed by atoms with Crippen LogP contribution in [0, 0.1) is 16.7 Å². The zero-order valence-corrected chi connectivity index (χ0v) is 14.6. The molecule has 3 rings (SSSR count). The maximum Gasteiger partial charge on any atom is 0.0294 e. The molecule has 4 atom stereocenters. The van der Waals surface area contributed by atoms with Crippen LogP contribution in [-0.2, 0) is 0 Å². The number of nitrogens with one attached hydrogen (secondary N) is 1. The van der Waals surface area contributed by atoms with Gasteiger partial charge in [0.05, 0.1) is 0 Å². The van der Waals surface area contributed by atoms with Crippen molar-refractivity contribution in [2.75, 3.05) is 0 Å². The Morgan fingerprint density at radius 3 is 2.60 bits per heavy atom. The van der Waals surface area contributed by atoms with Crippen molar-refractivity contribution in [2.24, 2.45) is 16.7 Å². The van der Waals surface area contributed by atoms with E-state index in [-0.39, 0.29) is 0 Å². The monoisotopic (exact) mass is 335 g/mol. The minimum absolute atomic E-state index is 0.421. The molecule has 2 heteroatoms. The van der Waals surface area contributed by atoms with E-state index in [4.69, 9.17) is 0 Å². The molecule has 1 nitrogen and oxygen atoms in total.